The van der Waals surface area contributed by atoms with Crippen molar-refractivity contribution < 1.29 is 18.7 Å². The number of allylic oxidation sites excluding steroid dienone is 1. The summed E-state index contributed by atoms with van der Waals surface area (Å²) in [5.74, 6) is 1.30. The summed E-state index contributed by atoms with van der Waals surface area (Å²) in [6.45, 7) is 7.19. The smallest absolute Gasteiger partial charge is 0.250 e. The number of ether oxygens (including phenoxy) is 2. The Hall–Kier alpha value is -3.06. The number of benzene rings is 3. The third-order valence-electron chi connectivity index (χ3n) is 8.80. The van der Waals surface area contributed by atoms with E-state index in [1.807, 2.05) is 24.3 Å². The monoisotopic (exact) mass is 608 g/mol. The summed E-state index contributed by atoms with van der Waals surface area (Å²) < 4.78 is 24.9. The maximum atomic E-state index is 14.3. The van der Waals surface area contributed by atoms with Gasteiger partial charge in [-0.05, 0) is 97.7 Å². The van der Waals surface area contributed by atoms with E-state index in [2.05, 4.69) is 42.3 Å². The van der Waals surface area contributed by atoms with Gasteiger partial charge in [-0.2, -0.15) is 0 Å². The van der Waals surface area contributed by atoms with Crippen molar-refractivity contribution >= 4 is 34.7 Å². The molecule has 1 heterocycles. The highest BCUT2D eigenvalue weighted by Gasteiger charge is 2.44. The van der Waals surface area contributed by atoms with Crippen molar-refractivity contribution in [1.29, 1.82) is 0 Å². The highest BCUT2D eigenvalue weighted by atomic mass is 35.5. The lowest BCUT2D eigenvalue weighted by Crippen LogP contribution is -2.36. The Kier molecular flexibility index (Phi) is 8.49. The molecule has 1 saturated heterocycles. The van der Waals surface area contributed by atoms with E-state index in [1.54, 1.807) is 0 Å². The van der Waals surface area contributed by atoms with Crippen LogP contribution in [-0.2, 0) is 11.3 Å². The van der Waals surface area contributed by atoms with Gasteiger partial charge in [0.15, 0.2) is 5.75 Å². The highest BCUT2D eigenvalue weighted by molar-refractivity contribution is 6.37. The maximum Gasteiger partial charge on any atom is 0.250 e. The van der Waals surface area contributed by atoms with Crippen LogP contribution in [0, 0.1) is 31.5 Å². The molecule has 42 heavy (non-hydrogen) atoms. The van der Waals surface area contributed by atoms with E-state index in [9.17, 15) is 9.18 Å². The number of carbonyl (C=O) groups is 1. The fourth-order valence-electron chi connectivity index (χ4n) is 6.24. The topological polar surface area (TPSA) is 50.8 Å². The molecule has 0 bridgehead atoms. The summed E-state index contributed by atoms with van der Waals surface area (Å²) in [7, 11) is 0. The summed E-state index contributed by atoms with van der Waals surface area (Å²) in [5.41, 5.74) is 6.97. The number of rotatable bonds is 10. The summed E-state index contributed by atoms with van der Waals surface area (Å²) in [4.78, 5) is 16.5. The van der Waals surface area contributed by atoms with Crippen molar-refractivity contribution in [1.82, 2.24) is 10.2 Å². The predicted molar refractivity (Wildman–Crippen MR) is 165 cm³/mol. The Labute approximate surface area is 256 Å². The number of amides is 1. The number of nitrogens with zero attached hydrogens (tertiary/aromatic N) is 1. The molecule has 5 nitrogen and oxygen atoms in total. The van der Waals surface area contributed by atoms with Crippen LogP contribution in [-0.4, -0.2) is 43.2 Å². The molecule has 2 aliphatic carbocycles. The third-order valence-corrected chi connectivity index (χ3v) is 9.36. The molecule has 3 aromatic carbocycles. The maximum absolute atomic E-state index is 14.3. The minimum absolute atomic E-state index is 0.119. The number of carbonyl (C=O) groups excluding carboxylic acids is 1. The molecule has 6 rings (SSSR count). The van der Waals surface area contributed by atoms with Crippen LogP contribution in [0.2, 0.25) is 10.0 Å². The Morgan fingerprint density at radius 3 is 2.43 bits per heavy atom. The van der Waals surface area contributed by atoms with Crippen LogP contribution in [0.5, 0.6) is 11.5 Å². The lowest BCUT2D eigenvalue weighted by molar-refractivity contribution is -0.128. The van der Waals surface area contributed by atoms with Gasteiger partial charge in [0.1, 0.15) is 24.8 Å². The molecule has 3 aromatic rings. The molecule has 0 spiro atoms. The largest absolute Gasteiger partial charge is 0.490 e. The molecular formula is C34H35Cl2FN2O3. The van der Waals surface area contributed by atoms with Crippen molar-refractivity contribution in [3.63, 3.8) is 0 Å². The number of fused-ring (bicyclic) bond motifs is 1. The van der Waals surface area contributed by atoms with Crippen LogP contribution >= 0.6 is 23.2 Å². The second-order valence-corrected chi connectivity index (χ2v) is 12.4. The van der Waals surface area contributed by atoms with Gasteiger partial charge in [0.2, 0.25) is 0 Å². The predicted octanol–water partition coefficient (Wildman–Crippen LogP) is 7.39. The number of hydrogen-bond donors (Lipinski definition) is 1. The van der Waals surface area contributed by atoms with E-state index in [4.69, 9.17) is 32.7 Å². The third kappa shape index (κ3) is 6.03. The lowest BCUT2D eigenvalue weighted by Gasteiger charge is -2.27. The molecule has 0 aromatic heterocycles. The zero-order valence-corrected chi connectivity index (χ0v) is 25.4. The van der Waals surface area contributed by atoms with Crippen LogP contribution in [0.3, 0.4) is 0 Å². The number of nitrogens with one attached hydrogen (secondary N) is 1. The lowest BCUT2D eigenvalue weighted by atomic mass is 9.93. The number of aryl methyl sites for hydroxylation is 1. The first-order chi connectivity index (χ1) is 20.3. The van der Waals surface area contributed by atoms with Crippen molar-refractivity contribution in [2.75, 3.05) is 26.3 Å². The molecule has 1 saturated carbocycles. The van der Waals surface area contributed by atoms with Crippen molar-refractivity contribution in [3.05, 3.63) is 98.3 Å². The van der Waals surface area contributed by atoms with Crippen molar-refractivity contribution in [3.8, 4) is 11.5 Å². The molecule has 220 valence electrons. The second kappa shape index (κ2) is 12.3. The van der Waals surface area contributed by atoms with Gasteiger partial charge in [0.05, 0.1) is 10.0 Å². The first-order valence-corrected chi connectivity index (χ1v) is 15.4. The molecule has 2 atom stereocenters. The normalized spacial score (nSPS) is 19.6. The molecule has 1 N–H and O–H groups in total. The van der Waals surface area contributed by atoms with Crippen LogP contribution in [0.4, 0.5) is 4.39 Å². The Balaban J connectivity index is 1.17. The summed E-state index contributed by atoms with van der Waals surface area (Å²) in [6.07, 6.45) is 3.04. The van der Waals surface area contributed by atoms with Crippen molar-refractivity contribution in [2.45, 2.75) is 45.7 Å². The van der Waals surface area contributed by atoms with Gasteiger partial charge in [-0.15, -0.1) is 0 Å². The van der Waals surface area contributed by atoms with Crippen molar-refractivity contribution in [2.24, 2.45) is 11.8 Å². The molecule has 8 heteroatoms. The Morgan fingerprint density at radius 2 is 1.71 bits per heavy atom. The fourth-order valence-corrected chi connectivity index (χ4v) is 6.81. The second-order valence-electron chi connectivity index (χ2n) is 11.6. The SMILES string of the molecule is Cc1cccc(CN(C(=O)C2=C(c3ccc(OCCOc4c(Cl)cc(F)cc4Cl)cc3)C[C@H]3CNC[C@@H]23)C2CC2)c1C. The molecule has 1 aliphatic heterocycles. The summed E-state index contributed by atoms with van der Waals surface area (Å²) in [5, 5.41) is 3.76. The average Bonchev–Trinajstić information content (AvgIpc) is 3.59. The van der Waals surface area contributed by atoms with Crippen LogP contribution in [0.25, 0.3) is 5.57 Å². The van der Waals surface area contributed by atoms with Crippen LogP contribution in [0.1, 0.15) is 41.5 Å². The minimum Gasteiger partial charge on any atom is -0.490 e. The Morgan fingerprint density at radius 1 is 1.00 bits per heavy atom. The molecular weight excluding hydrogens is 574 g/mol. The molecule has 3 aliphatic rings. The van der Waals surface area contributed by atoms with E-state index >= 15 is 0 Å². The van der Waals surface area contributed by atoms with E-state index in [-0.39, 0.29) is 40.8 Å². The standard InChI is InChI=1S/C34H35Cl2FN2O3/c1-20-4-3-5-23(21(20)2)19-39(26-8-9-26)34(40)32-28(14-24-17-38-18-29(24)32)22-6-10-27(11-7-22)41-12-13-42-33-30(35)15-25(37)16-31(33)36/h3-7,10-11,15-16,24,26,29,38H,8-9,12-14,17-19H2,1-2H3/t24-,29+/m0/s1. The first kappa shape index (κ1) is 29.0. The summed E-state index contributed by atoms with van der Waals surface area (Å²) in [6, 6.07) is 17.0. The number of hydrogen-bond acceptors (Lipinski definition) is 4. The fraction of sp³-hybridized carbons (Fsp3) is 0.382. The summed E-state index contributed by atoms with van der Waals surface area (Å²) >= 11 is 12.1. The van der Waals surface area contributed by atoms with E-state index in [0.29, 0.717) is 24.3 Å². The van der Waals surface area contributed by atoms with Gasteiger partial charge in [-0.3, -0.25) is 4.79 Å². The zero-order valence-electron chi connectivity index (χ0n) is 23.9. The van der Waals surface area contributed by atoms with Gasteiger partial charge in [0.25, 0.3) is 5.91 Å². The minimum atomic E-state index is -0.516. The zero-order chi connectivity index (χ0) is 29.4. The molecule has 2 fully saturated rings. The van der Waals surface area contributed by atoms with Gasteiger partial charge in [-0.1, -0.05) is 53.5 Å². The Bertz CT molecular complexity index is 1500. The van der Waals surface area contributed by atoms with Crippen LogP contribution in [0.15, 0.2) is 60.2 Å². The van der Waals surface area contributed by atoms with Gasteiger partial charge in [0, 0.05) is 30.6 Å². The average molecular weight is 610 g/mol. The van der Waals surface area contributed by atoms with Gasteiger partial charge >= 0.3 is 0 Å². The van der Waals surface area contributed by atoms with E-state index in [0.717, 1.165) is 55.6 Å². The van der Waals surface area contributed by atoms with Crippen LogP contribution < -0.4 is 14.8 Å². The molecule has 0 radical (unpaired) electrons. The first-order valence-electron chi connectivity index (χ1n) is 14.6. The molecule has 1 amide bonds. The molecule has 0 unspecified atom stereocenters. The van der Waals surface area contributed by atoms with E-state index in [1.165, 1.54) is 22.3 Å². The van der Waals surface area contributed by atoms with E-state index < -0.39 is 5.82 Å². The highest BCUT2D eigenvalue weighted by Crippen LogP contribution is 2.46. The van der Waals surface area contributed by atoms with Gasteiger partial charge < -0.3 is 19.7 Å². The number of halogens is 3. The quantitative estimate of drug-likeness (QED) is 0.244. The van der Waals surface area contributed by atoms with Gasteiger partial charge in [-0.25, -0.2) is 4.39 Å².